The third-order valence-electron chi connectivity index (χ3n) is 9.27. The van der Waals surface area contributed by atoms with Crippen LogP contribution in [-0.4, -0.2) is 161 Å². The first-order chi connectivity index (χ1) is 22.8. The van der Waals surface area contributed by atoms with E-state index in [9.17, 15) is 0 Å². The lowest BCUT2D eigenvalue weighted by Gasteiger charge is -2.25. The molecule has 0 saturated carbocycles. The van der Waals surface area contributed by atoms with Gasteiger partial charge in [-0.1, -0.05) is 27.7 Å². The van der Waals surface area contributed by atoms with E-state index in [0.29, 0.717) is 11.8 Å². The molecule has 2 aromatic heterocycles. The van der Waals surface area contributed by atoms with E-state index in [1.165, 1.54) is 47.9 Å². The van der Waals surface area contributed by atoms with Gasteiger partial charge in [-0.05, 0) is 193 Å². The maximum absolute atomic E-state index is 5.01. The summed E-state index contributed by atoms with van der Waals surface area (Å²) in [6.45, 7) is 20.4. The molecule has 0 atom stereocenters. The third-order valence-corrected chi connectivity index (χ3v) is 9.27. The summed E-state index contributed by atoms with van der Waals surface area (Å²) in [5.74, 6) is 0.880. The minimum Gasteiger partial charge on any atom is -0.309 e. The molecule has 8 nitrogen and oxygen atoms in total. The van der Waals surface area contributed by atoms with Crippen LogP contribution in [0.4, 0.5) is 0 Å². The normalized spacial score (nSPS) is 12.5. The molecule has 274 valence electrons. The highest BCUT2D eigenvalue weighted by atomic mass is 15.1. The highest BCUT2D eigenvalue weighted by Crippen LogP contribution is 2.28. The van der Waals surface area contributed by atoms with Crippen molar-refractivity contribution in [3.05, 3.63) is 46.8 Å². The smallest absolute Gasteiger partial charge is 0.0889 e. The SMILES string of the molecule is CC(C)c1cnc(-c2cc(CCN(CCCN(C)C)CCCN(C)C)c(C(C)C)cn2)cc1CCN(CCCN(C)C)CCCN(C)C. The first-order valence-electron chi connectivity index (χ1n) is 18.8. The van der Waals surface area contributed by atoms with Crippen LogP contribution in [0.3, 0.4) is 0 Å². The van der Waals surface area contributed by atoms with Gasteiger partial charge in [0, 0.05) is 25.5 Å². The summed E-state index contributed by atoms with van der Waals surface area (Å²) in [7, 11) is 17.4. The molecule has 0 aromatic carbocycles. The number of hydrogen-bond acceptors (Lipinski definition) is 8. The van der Waals surface area contributed by atoms with Crippen LogP contribution in [0.5, 0.6) is 0 Å². The maximum Gasteiger partial charge on any atom is 0.0889 e. The number of pyridine rings is 2. The van der Waals surface area contributed by atoms with Crippen LogP contribution in [-0.2, 0) is 12.8 Å². The second-order valence-corrected chi connectivity index (χ2v) is 15.7. The molecule has 2 rings (SSSR count). The number of hydrogen-bond donors (Lipinski definition) is 0. The molecular formula is C40H74N8. The van der Waals surface area contributed by atoms with E-state index in [1.54, 1.807) is 0 Å². The standard InChI is InChI=1S/C40H74N8/c1-33(2)37-31-41-39(29-35(37)17-27-47(23-13-19-43(5)6)24-14-20-44(7)8)40-30-36(38(32-42-40)34(3)4)18-28-48(25-15-21-45(9)10)26-16-22-46(11)12/h29-34H,13-28H2,1-12H3. The first-order valence-corrected chi connectivity index (χ1v) is 18.8. The predicted octanol–water partition coefficient (Wildman–Crippen LogP) is 5.89. The fraction of sp³-hybridized carbons (Fsp3) is 0.750. The monoisotopic (exact) mass is 667 g/mol. The summed E-state index contributed by atoms with van der Waals surface area (Å²) in [6, 6.07) is 4.70. The van der Waals surface area contributed by atoms with Crippen molar-refractivity contribution in [3.63, 3.8) is 0 Å². The fourth-order valence-electron chi connectivity index (χ4n) is 6.44. The number of rotatable bonds is 25. The lowest BCUT2D eigenvalue weighted by molar-refractivity contribution is 0.243. The van der Waals surface area contributed by atoms with Gasteiger partial charge in [0.25, 0.3) is 0 Å². The van der Waals surface area contributed by atoms with Gasteiger partial charge in [-0.3, -0.25) is 9.97 Å². The summed E-state index contributed by atoms with van der Waals surface area (Å²) in [5, 5.41) is 0. The lowest BCUT2D eigenvalue weighted by atomic mass is 9.94. The van der Waals surface area contributed by atoms with Crippen LogP contribution in [0.1, 0.15) is 87.5 Å². The predicted molar refractivity (Wildman–Crippen MR) is 209 cm³/mol. The quantitative estimate of drug-likeness (QED) is 0.130. The van der Waals surface area contributed by atoms with E-state index >= 15 is 0 Å². The molecule has 0 N–H and O–H groups in total. The molecule has 2 aromatic rings. The van der Waals surface area contributed by atoms with E-state index in [-0.39, 0.29) is 0 Å². The number of aromatic nitrogens is 2. The molecule has 0 aliphatic heterocycles. The topological polar surface area (TPSA) is 45.2 Å². The zero-order valence-corrected chi connectivity index (χ0v) is 33.4. The van der Waals surface area contributed by atoms with Gasteiger partial charge in [-0.15, -0.1) is 0 Å². The minimum atomic E-state index is 0.440. The average molecular weight is 667 g/mol. The molecule has 2 heterocycles. The number of nitrogens with zero attached hydrogens (tertiary/aromatic N) is 8. The van der Waals surface area contributed by atoms with Crippen LogP contribution >= 0.6 is 0 Å². The van der Waals surface area contributed by atoms with Gasteiger partial charge < -0.3 is 29.4 Å². The van der Waals surface area contributed by atoms with Crippen LogP contribution in [0.15, 0.2) is 24.5 Å². The van der Waals surface area contributed by atoms with Crippen LogP contribution < -0.4 is 0 Å². The van der Waals surface area contributed by atoms with Gasteiger partial charge in [0.05, 0.1) is 11.4 Å². The average Bonchev–Trinajstić information content (AvgIpc) is 3.00. The Morgan fingerprint density at radius 1 is 0.438 bits per heavy atom. The highest BCUT2D eigenvalue weighted by molar-refractivity contribution is 5.58. The Labute approximate surface area is 296 Å². The molecule has 0 unspecified atom stereocenters. The molecule has 0 saturated heterocycles. The van der Waals surface area contributed by atoms with Crippen LogP contribution in [0.25, 0.3) is 11.4 Å². The Morgan fingerprint density at radius 3 is 0.979 bits per heavy atom. The van der Waals surface area contributed by atoms with Crippen molar-refractivity contribution in [1.82, 2.24) is 39.4 Å². The molecule has 48 heavy (non-hydrogen) atoms. The van der Waals surface area contributed by atoms with Crippen molar-refractivity contribution in [1.29, 1.82) is 0 Å². The van der Waals surface area contributed by atoms with E-state index < -0.39 is 0 Å². The highest BCUT2D eigenvalue weighted by Gasteiger charge is 2.16. The Balaban J connectivity index is 2.29. The van der Waals surface area contributed by atoms with Crippen molar-refractivity contribution < 1.29 is 0 Å². The lowest BCUT2D eigenvalue weighted by Crippen LogP contribution is -2.32. The molecule has 0 radical (unpaired) electrons. The Bertz CT molecular complexity index is 1030. The van der Waals surface area contributed by atoms with Gasteiger partial charge in [-0.2, -0.15) is 0 Å². The fourth-order valence-corrected chi connectivity index (χ4v) is 6.44. The van der Waals surface area contributed by atoms with Gasteiger partial charge in [0.1, 0.15) is 0 Å². The molecule has 0 amide bonds. The maximum atomic E-state index is 5.01. The summed E-state index contributed by atoms with van der Waals surface area (Å²) in [4.78, 5) is 24.6. The van der Waals surface area contributed by atoms with E-state index in [2.05, 4.69) is 138 Å². The molecule has 0 spiro atoms. The van der Waals surface area contributed by atoms with Crippen molar-refractivity contribution in [2.45, 2.75) is 78.1 Å². The summed E-state index contributed by atoms with van der Waals surface area (Å²) in [5.41, 5.74) is 7.59. The third kappa shape index (κ3) is 16.6. The summed E-state index contributed by atoms with van der Waals surface area (Å²) in [6.07, 6.45) is 11.1. The molecule has 8 heteroatoms. The van der Waals surface area contributed by atoms with Crippen molar-refractivity contribution >= 4 is 0 Å². The molecule has 0 bridgehead atoms. The van der Waals surface area contributed by atoms with Gasteiger partial charge >= 0.3 is 0 Å². The van der Waals surface area contributed by atoms with Gasteiger partial charge in [0.2, 0.25) is 0 Å². The van der Waals surface area contributed by atoms with E-state index in [1.807, 2.05) is 0 Å². The Hall–Kier alpha value is -1.94. The van der Waals surface area contributed by atoms with Crippen molar-refractivity contribution in [3.8, 4) is 11.4 Å². The zero-order valence-electron chi connectivity index (χ0n) is 33.4. The van der Waals surface area contributed by atoms with Gasteiger partial charge in [-0.25, -0.2) is 0 Å². The van der Waals surface area contributed by atoms with E-state index in [0.717, 1.165) is 89.7 Å². The zero-order chi connectivity index (χ0) is 35.6. The Morgan fingerprint density at radius 2 is 0.729 bits per heavy atom. The molecule has 0 fully saturated rings. The van der Waals surface area contributed by atoms with E-state index in [4.69, 9.17) is 9.97 Å². The second kappa shape index (κ2) is 22.7. The second-order valence-electron chi connectivity index (χ2n) is 15.7. The van der Waals surface area contributed by atoms with Crippen LogP contribution in [0, 0.1) is 0 Å². The van der Waals surface area contributed by atoms with Crippen LogP contribution in [0.2, 0.25) is 0 Å². The molecule has 0 aliphatic carbocycles. The van der Waals surface area contributed by atoms with Crippen molar-refractivity contribution in [2.75, 3.05) is 122 Å². The first kappa shape index (κ1) is 42.2. The minimum absolute atomic E-state index is 0.440. The Kier molecular flexibility index (Phi) is 20.0. The largest absolute Gasteiger partial charge is 0.309 e. The van der Waals surface area contributed by atoms with Crippen molar-refractivity contribution in [2.24, 2.45) is 0 Å². The summed E-state index contributed by atoms with van der Waals surface area (Å²) >= 11 is 0. The van der Waals surface area contributed by atoms with Gasteiger partial charge in [0.15, 0.2) is 0 Å². The summed E-state index contributed by atoms with van der Waals surface area (Å²) < 4.78 is 0. The molecular weight excluding hydrogens is 592 g/mol. The molecule has 0 aliphatic rings.